The molecule has 0 unspecified atom stereocenters. The number of nitrogens with one attached hydrogen (secondary N) is 2. The van der Waals surface area contributed by atoms with Crippen molar-refractivity contribution < 1.29 is 9.72 Å². The summed E-state index contributed by atoms with van der Waals surface area (Å²) in [7, 11) is 0. The summed E-state index contributed by atoms with van der Waals surface area (Å²) in [5.41, 5.74) is 1.38. The zero-order chi connectivity index (χ0) is 17.0. The van der Waals surface area contributed by atoms with Gasteiger partial charge in [-0.15, -0.1) is 0 Å². The molecule has 6 nitrogen and oxygen atoms in total. The first kappa shape index (κ1) is 17.1. The quantitative estimate of drug-likeness (QED) is 0.621. The molecule has 0 atom stereocenters. The van der Waals surface area contributed by atoms with Crippen molar-refractivity contribution in [2.45, 2.75) is 6.92 Å². The van der Waals surface area contributed by atoms with E-state index in [0.29, 0.717) is 27.0 Å². The molecule has 0 fully saturated rings. The fraction of sp³-hybridized carbons (Fsp3) is 0.133. The standard InChI is InChI=1S/C15H13Cl2N3O3/c1-9-12(3-2-4-14(9)20(22)23)18-8-15(21)19-13-7-10(16)5-6-11(13)17/h2-7,18H,8H2,1H3,(H,19,21). The normalized spacial score (nSPS) is 10.2. The van der Waals surface area contributed by atoms with Gasteiger partial charge in [0.1, 0.15) is 0 Å². The fourth-order valence-electron chi connectivity index (χ4n) is 1.98. The Morgan fingerprint density at radius 3 is 2.65 bits per heavy atom. The van der Waals surface area contributed by atoms with Crippen LogP contribution in [-0.4, -0.2) is 17.4 Å². The highest BCUT2D eigenvalue weighted by Gasteiger charge is 2.14. The number of amides is 1. The molecule has 2 N–H and O–H groups in total. The van der Waals surface area contributed by atoms with Crippen molar-refractivity contribution in [3.8, 4) is 0 Å². The lowest BCUT2D eigenvalue weighted by atomic mass is 10.1. The van der Waals surface area contributed by atoms with Crippen molar-refractivity contribution in [2.75, 3.05) is 17.2 Å². The summed E-state index contributed by atoms with van der Waals surface area (Å²) in [5.74, 6) is -0.347. The lowest BCUT2D eigenvalue weighted by Crippen LogP contribution is -2.22. The van der Waals surface area contributed by atoms with E-state index in [1.807, 2.05) is 0 Å². The maximum Gasteiger partial charge on any atom is 0.274 e. The van der Waals surface area contributed by atoms with E-state index in [-0.39, 0.29) is 18.1 Å². The molecule has 2 aromatic carbocycles. The summed E-state index contributed by atoms with van der Waals surface area (Å²) in [4.78, 5) is 22.4. The molecule has 2 aromatic rings. The van der Waals surface area contributed by atoms with Gasteiger partial charge in [0, 0.05) is 22.3 Å². The maximum absolute atomic E-state index is 12.0. The first-order valence-corrected chi connectivity index (χ1v) is 7.37. The number of carbonyl (C=O) groups excluding carboxylic acids is 1. The van der Waals surface area contributed by atoms with Gasteiger partial charge in [-0.2, -0.15) is 0 Å². The molecular formula is C15H13Cl2N3O3. The van der Waals surface area contributed by atoms with Gasteiger partial charge in [0.05, 0.1) is 22.2 Å². The van der Waals surface area contributed by atoms with Crippen LogP contribution in [-0.2, 0) is 4.79 Å². The minimum atomic E-state index is -0.466. The van der Waals surface area contributed by atoms with Crippen LogP contribution < -0.4 is 10.6 Å². The number of carbonyl (C=O) groups is 1. The van der Waals surface area contributed by atoms with Crippen molar-refractivity contribution in [3.63, 3.8) is 0 Å². The molecule has 120 valence electrons. The molecule has 1 amide bonds. The van der Waals surface area contributed by atoms with Crippen molar-refractivity contribution in [3.05, 3.63) is 62.1 Å². The molecule has 0 saturated heterocycles. The zero-order valence-corrected chi connectivity index (χ0v) is 13.6. The lowest BCUT2D eigenvalue weighted by molar-refractivity contribution is -0.385. The Balaban J connectivity index is 2.04. The van der Waals surface area contributed by atoms with Crippen molar-refractivity contribution >= 4 is 46.2 Å². The summed E-state index contributed by atoms with van der Waals surface area (Å²) in [5, 5.41) is 17.2. The molecule has 0 heterocycles. The third-order valence-electron chi connectivity index (χ3n) is 3.14. The number of benzene rings is 2. The average molecular weight is 354 g/mol. The van der Waals surface area contributed by atoms with Crippen LogP contribution in [0.1, 0.15) is 5.56 Å². The summed E-state index contributed by atoms with van der Waals surface area (Å²) in [6.07, 6.45) is 0. The number of anilines is 2. The Bertz CT molecular complexity index is 766. The highest BCUT2D eigenvalue weighted by molar-refractivity contribution is 6.35. The second-order valence-corrected chi connectivity index (χ2v) is 5.58. The minimum absolute atomic E-state index is 0.00621. The van der Waals surface area contributed by atoms with Crippen LogP contribution in [0.15, 0.2) is 36.4 Å². The first-order valence-electron chi connectivity index (χ1n) is 6.61. The Morgan fingerprint density at radius 2 is 1.96 bits per heavy atom. The molecule has 0 saturated carbocycles. The predicted molar refractivity (Wildman–Crippen MR) is 91.4 cm³/mol. The van der Waals surface area contributed by atoms with Gasteiger partial charge in [-0.05, 0) is 31.2 Å². The van der Waals surface area contributed by atoms with Gasteiger partial charge in [0.15, 0.2) is 0 Å². The van der Waals surface area contributed by atoms with Gasteiger partial charge in [0.25, 0.3) is 5.69 Å². The molecule has 0 aromatic heterocycles. The van der Waals surface area contributed by atoms with Crippen LogP contribution in [0.25, 0.3) is 0 Å². The molecular weight excluding hydrogens is 341 g/mol. The third kappa shape index (κ3) is 4.34. The number of hydrogen-bond donors (Lipinski definition) is 2. The fourth-order valence-corrected chi connectivity index (χ4v) is 2.31. The number of nitrogens with zero attached hydrogens (tertiary/aromatic N) is 1. The second kappa shape index (κ2) is 7.30. The van der Waals surface area contributed by atoms with Gasteiger partial charge < -0.3 is 10.6 Å². The minimum Gasteiger partial charge on any atom is -0.376 e. The van der Waals surface area contributed by atoms with Crippen molar-refractivity contribution in [1.29, 1.82) is 0 Å². The Hall–Kier alpha value is -2.31. The summed E-state index contributed by atoms with van der Waals surface area (Å²) >= 11 is 11.8. The van der Waals surface area contributed by atoms with E-state index < -0.39 is 4.92 Å². The molecule has 0 radical (unpaired) electrons. The number of halogens is 2. The molecule has 0 spiro atoms. The molecule has 23 heavy (non-hydrogen) atoms. The highest BCUT2D eigenvalue weighted by atomic mass is 35.5. The van der Waals surface area contributed by atoms with Crippen LogP contribution in [0, 0.1) is 17.0 Å². The van der Waals surface area contributed by atoms with Gasteiger partial charge in [0.2, 0.25) is 5.91 Å². The van der Waals surface area contributed by atoms with Crippen LogP contribution >= 0.6 is 23.2 Å². The van der Waals surface area contributed by atoms with Crippen molar-refractivity contribution in [2.24, 2.45) is 0 Å². The zero-order valence-electron chi connectivity index (χ0n) is 12.1. The Morgan fingerprint density at radius 1 is 1.22 bits per heavy atom. The summed E-state index contributed by atoms with van der Waals surface area (Å²) in [6.45, 7) is 1.55. The third-order valence-corrected chi connectivity index (χ3v) is 3.71. The van der Waals surface area contributed by atoms with E-state index in [0.717, 1.165) is 0 Å². The molecule has 0 aliphatic heterocycles. The monoisotopic (exact) mass is 353 g/mol. The SMILES string of the molecule is Cc1c(NCC(=O)Nc2cc(Cl)ccc2Cl)cccc1[N+](=O)[O-]. The number of rotatable bonds is 5. The van der Waals surface area contributed by atoms with Crippen LogP contribution in [0.4, 0.5) is 17.1 Å². The predicted octanol–water partition coefficient (Wildman–Crippen LogP) is 4.26. The van der Waals surface area contributed by atoms with E-state index in [4.69, 9.17) is 23.2 Å². The summed E-state index contributed by atoms with van der Waals surface area (Å²) < 4.78 is 0. The number of nitro benzene ring substituents is 1. The van der Waals surface area contributed by atoms with Crippen molar-refractivity contribution in [1.82, 2.24) is 0 Å². The smallest absolute Gasteiger partial charge is 0.274 e. The topological polar surface area (TPSA) is 84.3 Å². The molecule has 2 rings (SSSR count). The van der Waals surface area contributed by atoms with E-state index in [1.165, 1.54) is 6.07 Å². The van der Waals surface area contributed by atoms with Crippen LogP contribution in [0.3, 0.4) is 0 Å². The average Bonchev–Trinajstić information content (AvgIpc) is 2.49. The van der Waals surface area contributed by atoms with E-state index in [1.54, 1.807) is 37.3 Å². The first-order chi connectivity index (χ1) is 10.9. The number of nitro groups is 1. The largest absolute Gasteiger partial charge is 0.376 e. The Kier molecular flexibility index (Phi) is 5.41. The molecule has 8 heteroatoms. The maximum atomic E-state index is 12.0. The highest BCUT2D eigenvalue weighted by Crippen LogP contribution is 2.26. The van der Waals surface area contributed by atoms with E-state index in [9.17, 15) is 14.9 Å². The lowest BCUT2D eigenvalue weighted by Gasteiger charge is -2.11. The van der Waals surface area contributed by atoms with E-state index in [2.05, 4.69) is 10.6 Å². The van der Waals surface area contributed by atoms with Crippen LogP contribution in [0.5, 0.6) is 0 Å². The molecule has 0 bridgehead atoms. The second-order valence-electron chi connectivity index (χ2n) is 4.73. The van der Waals surface area contributed by atoms with Gasteiger partial charge in [-0.1, -0.05) is 29.3 Å². The van der Waals surface area contributed by atoms with Gasteiger partial charge in [-0.3, -0.25) is 14.9 Å². The molecule has 0 aliphatic carbocycles. The van der Waals surface area contributed by atoms with Crippen LogP contribution in [0.2, 0.25) is 10.0 Å². The Labute approximate surface area is 142 Å². The summed E-state index contributed by atoms with van der Waals surface area (Å²) in [6, 6.07) is 9.37. The number of hydrogen-bond acceptors (Lipinski definition) is 4. The molecule has 0 aliphatic rings. The van der Waals surface area contributed by atoms with Gasteiger partial charge in [-0.25, -0.2) is 0 Å². The van der Waals surface area contributed by atoms with Gasteiger partial charge >= 0.3 is 0 Å². The van der Waals surface area contributed by atoms with E-state index >= 15 is 0 Å².